The van der Waals surface area contributed by atoms with Gasteiger partial charge in [-0.1, -0.05) is 86.9 Å². The van der Waals surface area contributed by atoms with E-state index >= 15 is 0 Å². The van der Waals surface area contributed by atoms with Crippen molar-refractivity contribution in [3.05, 3.63) is 141 Å². The lowest BCUT2D eigenvalue weighted by molar-refractivity contribution is 0.553. The number of allylic oxidation sites excluding steroid dienone is 2. The first kappa shape index (κ1) is 24.6. The summed E-state index contributed by atoms with van der Waals surface area (Å²) in [4.78, 5) is 19.6. The van der Waals surface area contributed by atoms with Crippen molar-refractivity contribution in [3.8, 4) is 0 Å². The van der Waals surface area contributed by atoms with Gasteiger partial charge in [0.25, 0.3) is 5.56 Å². The molecule has 2 heterocycles. The number of rotatable bonds is 3. The molecular weight excluding hydrogens is 587 g/mol. The average molecular weight is 608 g/mol. The summed E-state index contributed by atoms with van der Waals surface area (Å²) in [5, 5.41) is 1.39. The fourth-order valence-corrected chi connectivity index (χ4v) is 6.49. The predicted molar refractivity (Wildman–Crippen MR) is 157 cm³/mol. The monoisotopic (exact) mass is 606 g/mol. The summed E-state index contributed by atoms with van der Waals surface area (Å²) in [6, 6.07) is 23.4. The minimum atomic E-state index is -0.218. The van der Waals surface area contributed by atoms with E-state index < -0.39 is 0 Å². The molecular formula is C30H21BrCl2N2OS. The SMILES string of the molecule is O=c1c(=Cc2ccc(Br)cc2)sc2n1C(c1ccc(Cl)cc1)C1=C(N=2)C(=Cc2ccc(Cl)cc2)CCC1. The zero-order valence-electron chi connectivity index (χ0n) is 19.6. The molecule has 3 aromatic carbocycles. The van der Waals surface area contributed by atoms with Crippen LogP contribution in [0.5, 0.6) is 0 Å². The number of hydrogen-bond acceptors (Lipinski definition) is 3. The smallest absolute Gasteiger partial charge is 0.271 e. The lowest BCUT2D eigenvalue weighted by Crippen LogP contribution is -2.39. The third-order valence-electron chi connectivity index (χ3n) is 6.70. The van der Waals surface area contributed by atoms with Crippen molar-refractivity contribution in [1.29, 1.82) is 0 Å². The van der Waals surface area contributed by atoms with Crippen molar-refractivity contribution >= 4 is 62.6 Å². The topological polar surface area (TPSA) is 34.4 Å². The molecule has 4 aromatic rings. The number of aromatic nitrogens is 1. The van der Waals surface area contributed by atoms with E-state index in [4.69, 9.17) is 28.2 Å². The molecule has 184 valence electrons. The van der Waals surface area contributed by atoms with Crippen molar-refractivity contribution in [1.82, 2.24) is 4.57 Å². The summed E-state index contributed by atoms with van der Waals surface area (Å²) in [7, 11) is 0. The van der Waals surface area contributed by atoms with Crippen molar-refractivity contribution in [2.24, 2.45) is 4.99 Å². The molecule has 0 N–H and O–H groups in total. The van der Waals surface area contributed by atoms with Crippen molar-refractivity contribution in [3.63, 3.8) is 0 Å². The van der Waals surface area contributed by atoms with Crippen molar-refractivity contribution in [2.45, 2.75) is 25.3 Å². The van der Waals surface area contributed by atoms with Gasteiger partial charge >= 0.3 is 0 Å². The molecule has 0 spiro atoms. The number of thiazole rings is 1. The Labute approximate surface area is 236 Å². The van der Waals surface area contributed by atoms with Crippen LogP contribution >= 0.6 is 50.5 Å². The summed E-state index contributed by atoms with van der Waals surface area (Å²) in [6.07, 6.45) is 6.97. The van der Waals surface area contributed by atoms with Crippen LogP contribution in [0.4, 0.5) is 0 Å². The zero-order valence-corrected chi connectivity index (χ0v) is 23.5. The highest BCUT2D eigenvalue weighted by molar-refractivity contribution is 9.10. The van der Waals surface area contributed by atoms with Crippen LogP contribution < -0.4 is 14.9 Å². The average Bonchev–Trinajstić information content (AvgIpc) is 3.21. The van der Waals surface area contributed by atoms with Gasteiger partial charge in [-0.3, -0.25) is 9.36 Å². The van der Waals surface area contributed by atoms with E-state index in [9.17, 15) is 4.79 Å². The molecule has 2 aliphatic rings. The second kappa shape index (κ2) is 10.2. The van der Waals surface area contributed by atoms with Gasteiger partial charge in [0.1, 0.15) is 0 Å². The second-order valence-corrected chi connectivity index (χ2v) is 11.9. The lowest BCUT2D eigenvalue weighted by Gasteiger charge is -2.31. The summed E-state index contributed by atoms with van der Waals surface area (Å²) in [5.41, 5.74) is 6.44. The van der Waals surface area contributed by atoms with Crippen LogP contribution in [0.2, 0.25) is 10.0 Å². The highest BCUT2D eigenvalue weighted by Crippen LogP contribution is 2.41. The van der Waals surface area contributed by atoms with Crippen LogP contribution in [0.15, 0.2) is 104 Å². The number of fused-ring (bicyclic) bond motifs is 1. The summed E-state index contributed by atoms with van der Waals surface area (Å²) in [5.74, 6) is 0. The van der Waals surface area contributed by atoms with Gasteiger partial charge in [0, 0.05) is 14.5 Å². The Morgan fingerprint density at radius 3 is 2.19 bits per heavy atom. The zero-order chi connectivity index (χ0) is 25.5. The minimum Gasteiger partial charge on any atom is -0.272 e. The fourth-order valence-electron chi connectivity index (χ4n) is 4.97. The summed E-state index contributed by atoms with van der Waals surface area (Å²) < 4.78 is 3.53. The lowest BCUT2D eigenvalue weighted by atomic mass is 9.84. The molecule has 6 rings (SSSR count). The molecule has 7 heteroatoms. The van der Waals surface area contributed by atoms with E-state index in [1.165, 1.54) is 22.5 Å². The Bertz CT molecular complexity index is 1730. The van der Waals surface area contributed by atoms with Gasteiger partial charge in [0.05, 0.1) is 16.3 Å². The first-order valence-corrected chi connectivity index (χ1v) is 14.4. The Hall–Kier alpha value is -2.70. The van der Waals surface area contributed by atoms with Gasteiger partial charge in [-0.2, -0.15) is 0 Å². The van der Waals surface area contributed by atoms with Crippen molar-refractivity contribution in [2.75, 3.05) is 0 Å². The van der Waals surface area contributed by atoms with Crippen LogP contribution in [-0.2, 0) is 0 Å². The van der Waals surface area contributed by atoms with E-state index in [1.807, 2.05) is 83.4 Å². The molecule has 1 aliphatic carbocycles. The molecule has 0 saturated heterocycles. The number of nitrogens with zero attached hydrogens (tertiary/aromatic N) is 2. The van der Waals surface area contributed by atoms with E-state index in [0.29, 0.717) is 14.6 Å². The van der Waals surface area contributed by atoms with Crippen LogP contribution in [-0.4, -0.2) is 4.57 Å². The predicted octanol–water partition coefficient (Wildman–Crippen LogP) is 7.55. The van der Waals surface area contributed by atoms with E-state index in [2.05, 4.69) is 22.0 Å². The van der Waals surface area contributed by atoms with Crippen LogP contribution in [0.3, 0.4) is 0 Å². The third-order valence-corrected chi connectivity index (χ3v) is 8.71. The highest BCUT2D eigenvalue weighted by Gasteiger charge is 2.32. The summed E-state index contributed by atoms with van der Waals surface area (Å²) in [6.45, 7) is 0. The molecule has 1 aliphatic heterocycles. The summed E-state index contributed by atoms with van der Waals surface area (Å²) >= 11 is 17.3. The quantitative estimate of drug-likeness (QED) is 0.237. The van der Waals surface area contributed by atoms with Crippen molar-refractivity contribution < 1.29 is 0 Å². The Kier molecular flexibility index (Phi) is 6.80. The molecule has 0 amide bonds. The van der Waals surface area contributed by atoms with Gasteiger partial charge in [0.15, 0.2) is 4.80 Å². The van der Waals surface area contributed by atoms with Gasteiger partial charge in [-0.05, 0) is 95.6 Å². The van der Waals surface area contributed by atoms with Gasteiger partial charge < -0.3 is 0 Å². The molecule has 3 nitrogen and oxygen atoms in total. The number of benzene rings is 3. The minimum absolute atomic E-state index is 0.0213. The molecule has 1 aromatic heterocycles. The van der Waals surface area contributed by atoms with E-state index in [-0.39, 0.29) is 11.6 Å². The van der Waals surface area contributed by atoms with Crippen LogP contribution in [0, 0.1) is 0 Å². The standard InChI is InChI=1S/C30H21BrCl2N2OS/c31-22-10-4-19(5-11-22)17-26-29(36)35-28(20-8-14-24(33)15-9-20)25-3-1-2-21(27(25)34-30(35)37-26)16-18-6-12-23(32)13-7-18/h4-17,28H,1-3H2. The van der Waals surface area contributed by atoms with Gasteiger partial charge in [-0.25, -0.2) is 4.99 Å². The van der Waals surface area contributed by atoms with Crippen LogP contribution in [0.1, 0.15) is 42.0 Å². The fraction of sp³-hybridized carbons (Fsp3) is 0.133. The van der Waals surface area contributed by atoms with Crippen LogP contribution in [0.25, 0.3) is 12.2 Å². The maximum Gasteiger partial charge on any atom is 0.271 e. The van der Waals surface area contributed by atoms with Gasteiger partial charge in [0.2, 0.25) is 0 Å². The normalized spacial score (nSPS) is 18.5. The molecule has 0 bridgehead atoms. The maximum absolute atomic E-state index is 13.8. The van der Waals surface area contributed by atoms with Gasteiger partial charge in [-0.15, -0.1) is 0 Å². The molecule has 0 saturated carbocycles. The molecule has 0 fully saturated rings. The second-order valence-electron chi connectivity index (χ2n) is 9.13. The first-order chi connectivity index (χ1) is 18.0. The number of halogens is 3. The Morgan fingerprint density at radius 2 is 1.49 bits per heavy atom. The highest BCUT2D eigenvalue weighted by atomic mass is 79.9. The maximum atomic E-state index is 13.8. The van der Waals surface area contributed by atoms with E-state index in [0.717, 1.165) is 50.9 Å². The molecule has 1 unspecified atom stereocenters. The largest absolute Gasteiger partial charge is 0.272 e. The Balaban J connectivity index is 1.57. The molecule has 1 atom stereocenters. The first-order valence-electron chi connectivity index (χ1n) is 12.0. The van der Waals surface area contributed by atoms with E-state index in [1.54, 1.807) is 0 Å². The number of hydrogen-bond donors (Lipinski definition) is 0. The molecule has 0 radical (unpaired) electrons. The molecule has 37 heavy (non-hydrogen) atoms. The third kappa shape index (κ3) is 4.94. The Morgan fingerprint density at radius 1 is 0.865 bits per heavy atom.